The lowest BCUT2D eigenvalue weighted by Crippen LogP contribution is -2.37. The van der Waals surface area contributed by atoms with E-state index in [2.05, 4.69) is 10.6 Å². The Labute approximate surface area is 200 Å². The van der Waals surface area contributed by atoms with Gasteiger partial charge in [-0.3, -0.25) is 9.69 Å². The molecule has 0 bridgehead atoms. The summed E-state index contributed by atoms with van der Waals surface area (Å²) in [5.41, 5.74) is 1.35. The van der Waals surface area contributed by atoms with E-state index < -0.39 is 11.8 Å². The molecule has 32 heavy (non-hydrogen) atoms. The molecule has 0 unspecified atom stereocenters. The van der Waals surface area contributed by atoms with Crippen LogP contribution in [0.2, 0.25) is 15.1 Å². The van der Waals surface area contributed by atoms with Gasteiger partial charge in [-0.1, -0.05) is 40.9 Å². The highest BCUT2D eigenvalue weighted by Crippen LogP contribution is 2.21. The predicted octanol–water partition coefficient (Wildman–Crippen LogP) is 6.64. The first-order valence-corrected chi connectivity index (χ1v) is 10.8. The highest BCUT2D eigenvalue weighted by atomic mass is 35.5. The van der Waals surface area contributed by atoms with Crippen LogP contribution >= 0.6 is 34.8 Å². The van der Waals surface area contributed by atoms with E-state index in [0.29, 0.717) is 39.9 Å². The Morgan fingerprint density at radius 3 is 2.31 bits per heavy atom. The number of halogens is 4. The Hall–Kier alpha value is -2.80. The standard InChI is InChI=1S/C23H19Cl3FN3O2/c24-15-3-1-4-18(13-15)29-23(32)30(19-8-6-17(27)7-9-19)12-2-11-28-22(31)20-10-5-16(25)14-21(20)26/h1,3-10,13-14H,2,11-12H2,(H,28,31)(H,29,32). The van der Waals surface area contributed by atoms with Crippen LogP contribution in [0.5, 0.6) is 0 Å². The molecule has 3 aromatic carbocycles. The summed E-state index contributed by atoms with van der Waals surface area (Å²) < 4.78 is 13.4. The third-order valence-electron chi connectivity index (χ3n) is 4.48. The molecule has 0 saturated heterocycles. The van der Waals surface area contributed by atoms with Gasteiger partial charge in [0.25, 0.3) is 5.91 Å². The van der Waals surface area contributed by atoms with Crippen LogP contribution in [0.4, 0.5) is 20.6 Å². The van der Waals surface area contributed by atoms with Crippen LogP contribution in [0.25, 0.3) is 0 Å². The van der Waals surface area contributed by atoms with E-state index in [4.69, 9.17) is 34.8 Å². The van der Waals surface area contributed by atoms with Gasteiger partial charge < -0.3 is 10.6 Å². The van der Waals surface area contributed by atoms with Crippen molar-refractivity contribution >= 4 is 58.1 Å². The molecule has 0 fully saturated rings. The third-order valence-corrected chi connectivity index (χ3v) is 5.26. The van der Waals surface area contributed by atoms with E-state index in [0.717, 1.165) is 0 Å². The van der Waals surface area contributed by atoms with Gasteiger partial charge in [0.2, 0.25) is 0 Å². The quantitative estimate of drug-likeness (QED) is 0.361. The minimum Gasteiger partial charge on any atom is -0.352 e. The summed E-state index contributed by atoms with van der Waals surface area (Å²) >= 11 is 17.9. The molecule has 3 amide bonds. The Morgan fingerprint density at radius 1 is 0.906 bits per heavy atom. The number of carbonyl (C=O) groups excluding carboxylic acids is 2. The number of nitrogens with one attached hydrogen (secondary N) is 2. The summed E-state index contributed by atoms with van der Waals surface area (Å²) in [6, 6.07) is 16.5. The Bertz CT molecular complexity index is 1110. The van der Waals surface area contributed by atoms with E-state index in [1.807, 2.05) is 0 Å². The topological polar surface area (TPSA) is 61.4 Å². The van der Waals surface area contributed by atoms with E-state index in [1.54, 1.807) is 36.4 Å². The monoisotopic (exact) mass is 493 g/mol. The number of urea groups is 1. The normalized spacial score (nSPS) is 10.5. The lowest BCUT2D eigenvalue weighted by atomic mass is 10.2. The van der Waals surface area contributed by atoms with Crippen LogP contribution in [0, 0.1) is 5.82 Å². The summed E-state index contributed by atoms with van der Waals surface area (Å²) in [6.07, 6.45) is 0.442. The number of hydrogen-bond acceptors (Lipinski definition) is 2. The number of rotatable bonds is 7. The van der Waals surface area contributed by atoms with Gasteiger partial charge >= 0.3 is 6.03 Å². The molecule has 0 radical (unpaired) electrons. The lowest BCUT2D eigenvalue weighted by molar-refractivity contribution is 0.0953. The van der Waals surface area contributed by atoms with Crippen molar-refractivity contribution in [1.29, 1.82) is 0 Å². The molecule has 3 aromatic rings. The van der Waals surface area contributed by atoms with Gasteiger partial charge in [0.15, 0.2) is 0 Å². The van der Waals surface area contributed by atoms with Crippen molar-refractivity contribution in [2.24, 2.45) is 0 Å². The van der Waals surface area contributed by atoms with Crippen molar-refractivity contribution in [2.75, 3.05) is 23.3 Å². The maximum Gasteiger partial charge on any atom is 0.326 e. The number of carbonyl (C=O) groups is 2. The summed E-state index contributed by atoms with van der Waals surface area (Å²) in [7, 11) is 0. The fourth-order valence-electron chi connectivity index (χ4n) is 2.93. The van der Waals surface area contributed by atoms with Gasteiger partial charge in [0.05, 0.1) is 10.6 Å². The lowest BCUT2D eigenvalue weighted by Gasteiger charge is -2.23. The minimum absolute atomic E-state index is 0.254. The van der Waals surface area contributed by atoms with E-state index in [9.17, 15) is 14.0 Å². The van der Waals surface area contributed by atoms with Crippen molar-refractivity contribution in [3.63, 3.8) is 0 Å². The second-order valence-corrected chi connectivity index (χ2v) is 8.08. The van der Waals surface area contributed by atoms with Gasteiger partial charge in [0, 0.05) is 34.5 Å². The molecule has 0 heterocycles. The van der Waals surface area contributed by atoms with Crippen molar-refractivity contribution in [3.05, 3.63) is 93.2 Å². The van der Waals surface area contributed by atoms with Crippen molar-refractivity contribution in [2.45, 2.75) is 6.42 Å². The molecule has 0 aliphatic rings. The maximum absolute atomic E-state index is 13.4. The van der Waals surface area contributed by atoms with Crippen LogP contribution in [0.1, 0.15) is 16.8 Å². The molecule has 0 aliphatic carbocycles. The molecule has 0 atom stereocenters. The SMILES string of the molecule is O=C(NCCCN(C(=O)Nc1cccc(Cl)c1)c1ccc(F)cc1)c1ccc(Cl)cc1Cl. The zero-order chi connectivity index (χ0) is 23.1. The molecule has 9 heteroatoms. The van der Waals surface area contributed by atoms with Gasteiger partial charge in [0.1, 0.15) is 5.82 Å². The maximum atomic E-state index is 13.4. The van der Waals surface area contributed by atoms with Crippen molar-refractivity contribution in [1.82, 2.24) is 5.32 Å². The number of amides is 3. The number of benzene rings is 3. The predicted molar refractivity (Wildman–Crippen MR) is 128 cm³/mol. The summed E-state index contributed by atoms with van der Waals surface area (Å²) in [6.45, 7) is 0.562. The Kier molecular flexibility index (Phi) is 8.33. The highest BCUT2D eigenvalue weighted by molar-refractivity contribution is 6.36. The van der Waals surface area contributed by atoms with E-state index >= 15 is 0 Å². The first-order chi connectivity index (χ1) is 15.3. The second-order valence-electron chi connectivity index (χ2n) is 6.80. The van der Waals surface area contributed by atoms with E-state index in [-0.39, 0.29) is 17.5 Å². The highest BCUT2D eigenvalue weighted by Gasteiger charge is 2.17. The smallest absolute Gasteiger partial charge is 0.326 e. The average molecular weight is 495 g/mol. The largest absolute Gasteiger partial charge is 0.352 e. The first kappa shape index (κ1) is 23.9. The Morgan fingerprint density at radius 2 is 1.62 bits per heavy atom. The molecule has 5 nitrogen and oxygen atoms in total. The number of nitrogens with zero attached hydrogens (tertiary/aromatic N) is 1. The summed E-state index contributed by atoms with van der Waals surface area (Å²) in [4.78, 5) is 26.7. The van der Waals surface area contributed by atoms with Crippen LogP contribution in [-0.2, 0) is 0 Å². The zero-order valence-electron chi connectivity index (χ0n) is 16.7. The van der Waals surface area contributed by atoms with E-state index in [1.165, 1.54) is 35.2 Å². The molecule has 0 spiro atoms. The fraction of sp³-hybridized carbons (Fsp3) is 0.130. The molecule has 3 rings (SSSR count). The third kappa shape index (κ3) is 6.60. The van der Waals surface area contributed by atoms with Crippen LogP contribution in [0.15, 0.2) is 66.7 Å². The van der Waals surface area contributed by atoms with Crippen LogP contribution < -0.4 is 15.5 Å². The molecule has 2 N–H and O–H groups in total. The molecule has 0 aromatic heterocycles. The van der Waals surface area contributed by atoms with Gasteiger partial charge in [-0.15, -0.1) is 0 Å². The fourth-order valence-corrected chi connectivity index (χ4v) is 3.62. The van der Waals surface area contributed by atoms with Crippen molar-refractivity contribution < 1.29 is 14.0 Å². The van der Waals surface area contributed by atoms with Crippen LogP contribution in [0.3, 0.4) is 0 Å². The molecular formula is C23H19Cl3FN3O2. The van der Waals surface area contributed by atoms with Gasteiger partial charge in [-0.05, 0) is 67.1 Å². The Balaban J connectivity index is 1.64. The number of anilines is 2. The average Bonchev–Trinajstić information content (AvgIpc) is 2.74. The minimum atomic E-state index is -0.411. The summed E-state index contributed by atoms with van der Waals surface area (Å²) in [5, 5.41) is 6.72. The first-order valence-electron chi connectivity index (χ1n) is 9.66. The summed E-state index contributed by atoms with van der Waals surface area (Å²) in [5.74, 6) is -0.751. The second kappa shape index (κ2) is 11.2. The van der Waals surface area contributed by atoms with Gasteiger partial charge in [-0.2, -0.15) is 0 Å². The molecule has 0 saturated carbocycles. The van der Waals surface area contributed by atoms with Crippen LogP contribution in [-0.4, -0.2) is 25.0 Å². The molecule has 0 aliphatic heterocycles. The van der Waals surface area contributed by atoms with Crippen molar-refractivity contribution in [3.8, 4) is 0 Å². The molecular weight excluding hydrogens is 476 g/mol. The number of hydrogen-bond donors (Lipinski definition) is 2. The van der Waals surface area contributed by atoms with Gasteiger partial charge in [-0.25, -0.2) is 9.18 Å². The zero-order valence-corrected chi connectivity index (χ0v) is 19.0. The molecule has 166 valence electrons.